The lowest BCUT2D eigenvalue weighted by Crippen LogP contribution is -2.52. The van der Waals surface area contributed by atoms with E-state index in [-0.39, 0.29) is 40.8 Å². The molecule has 3 saturated carbocycles. The summed E-state index contributed by atoms with van der Waals surface area (Å²) in [7, 11) is 0. The van der Waals surface area contributed by atoms with Crippen molar-refractivity contribution in [1.29, 1.82) is 0 Å². The molecular weight excluding hydrogens is 466 g/mol. The smallest absolute Gasteiger partial charge is 0.302 e. The number of rotatable bonds is 6. The fourth-order valence-corrected chi connectivity index (χ4v) is 9.81. The number of ether oxygens (including phenoxy) is 2. The maximum atomic E-state index is 11.7. The number of carbonyl (C=O) groups is 2. The van der Waals surface area contributed by atoms with Crippen molar-refractivity contribution in [2.75, 3.05) is 6.54 Å². The molecule has 1 heterocycles. The van der Waals surface area contributed by atoms with Crippen LogP contribution in [0.4, 0.5) is 0 Å². The lowest BCUT2D eigenvalue weighted by atomic mass is 9.47. The standard InChI is InChI=1S/C31H49NO5/c1-18(17-32-20(3)33)9-14-31(35)19(2)28-27(37-31)16-26-24-8-7-22-15-23(36-21(4)34)10-12-29(22,5)25(24)11-13-30(26,28)6/h7,18-19,23-28,35H,8-17H2,1-6H3,(H,32,33)/t18?,19?,23?,24-,25+,26+,27?,28+,29+,30+,31-/m1/s1. The Morgan fingerprint density at radius 3 is 2.68 bits per heavy atom. The van der Waals surface area contributed by atoms with Gasteiger partial charge in [0.2, 0.25) is 5.91 Å². The Labute approximate surface area is 223 Å². The largest absolute Gasteiger partial charge is 0.462 e. The number of carbonyl (C=O) groups excluding carboxylic acids is 2. The molecule has 5 aliphatic rings. The fraction of sp³-hybridized carbons (Fsp3) is 0.871. The van der Waals surface area contributed by atoms with Gasteiger partial charge < -0.3 is 19.9 Å². The first-order chi connectivity index (χ1) is 17.4. The van der Waals surface area contributed by atoms with Crippen LogP contribution in [0, 0.1) is 46.3 Å². The number of amides is 1. The van der Waals surface area contributed by atoms with Crippen molar-refractivity contribution < 1.29 is 24.2 Å². The second kappa shape index (κ2) is 9.66. The van der Waals surface area contributed by atoms with Gasteiger partial charge >= 0.3 is 5.97 Å². The molecule has 0 bridgehead atoms. The van der Waals surface area contributed by atoms with Gasteiger partial charge in [0.05, 0.1) is 6.10 Å². The zero-order valence-electron chi connectivity index (χ0n) is 23.8. The third kappa shape index (κ3) is 4.58. The molecule has 1 saturated heterocycles. The van der Waals surface area contributed by atoms with Gasteiger partial charge in [-0.25, -0.2) is 0 Å². The first-order valence-electron chi connectivity index (χ1n) is 14.9. The van der Waals surface area contributed by atoms with Crippen LogP contribution in [0.15, 0.2) is 11.6 Å². The maximum absolute atomic E-state index is 11.7. The van der Waals surface area contributed by atoms with E-state index in [0.29, 0.717) is 42.6 Å². The van der Waals surface area contributed by atoms with Gasteiger partial charge in [-0.2, -0.15) is 0 Å². The first kappa shape index (κ1) is 27.2. The average molecular weight is 516 g/mol. The molecule has 208 valence electrons. The van der Waals surface area contributed by atoms with Crippen LogP contribution in [0.5, 0.6) is 0 Å². The molecule has 1 amide bonds. The van der Waals surface area contributed by atoms with E-state index in [1.54, 1.807) is 6.92 Å². The molecule has 1 aliphatic heterocycles. The normalized spacial score (nSPS) is 47.1. The highest BCUT2D eigenvalue weighted by molar-refractivity contribution is 5.72. The minimum Gasteiger partial charge on any atom is -0.462 e. The third-order valence-corrected chi connectivity index (χ3v) is 11.8. The summed E-state index contributed by atoms with van der Waals surface area (Å²) in [6.45, 7) is 13.1. The summed E-state index contributed by atoms with van der Waals surface area (Å²) in [5.74, 6) is 1.58. The van der Waals surface area contributed by atoms with Crippen molar-refractivity contribution in [1.82, 2.24) is 5.32 Å². The maximum Gasteiger partial charge on any atom is 0.302 e. The highest BCUT2D eigenvalue weighted by Gasteiger charge is 2.67. The quantitative estimate of drug-likeness (QED) is 0.366. The van der Waals surface area contributed by atoms with E-state index in [1.165, 1.54) is 25.3 Å². The van der Waals surface area contributed by atoms with Gasteiger partial charge in [0.15, 0.2) is 5.79 Å². The number of fused-ring (bicyclic) bond motifs is 7. The van der Waals surface area contributed by atoms with Gasteiger partial charge in [-0.05, 0) is 85.4 Å². The van der Waals surface area contributed by atoms with E-state index < -0.39 is 5.79 Å². The lowest BCUT2D eigenvalue weighted by molar-refractivity contribution is -0.220. The van der Waals surface area contributed by atoms with Crippen LogP contribution in [-0.2, 0) is 19.1 Å². The molecule has 0 aromatic heterocycles. The number of aliphatic hydroxyl groups is 1. The molecule has 4 fully saturated rings. The molecule has 0 aromatic rings. The van der Waals surface area contributed by atoms with Crippen LogP contribution >= 0.6 is 0 Å². The van der Waals surface area contributed by atoms with Gasteiger partial charge in [-0.3, -0.25) is 9.59 Å². The Hall–Kier alpha value is -1.40. The van der Waals surface area contributed by atoms with Crippen molar-refractivity contribution in [2.24, 2.45) is 46.3 Å². The Kier molecular flexibility index (Phi) is 7.09. The summed E-state index contributed by atoms with van der Waals surface area (Å²) in [6.07, 6.45) is 11.8. The molecule has 2 N–H and O–H groups in total. The summed E-state index contributed by atoms with van der Waals surface area (Å²) in [6, 6.07) is 0. The molecule has 6 nitrogen and oxygen atoms in total. The average Bonchev–Trinajstić information content (AvgIpc) is 3.26. The minimum atomic E-state index is -1.06. The molecule has 6 heteroatoms. The fourth-order valence-electron chi connectivity index (χ4n) is 9.81. The van der Waals surface area contributed by atoms with Gasteiger partial charge in [-0.1, -0.05) is 39.3 Å². The number of esters is 1. The van der Waals surface area contributed by atoms with Gasteiger partial charge in [-0.15, -0.1) is 0 Å². The van der Waals surface area contributed by atoms with Crippen LogP contribution in [-0.4, -0.2) is 41.5 Å². The van der Waals surface area contributed by atoms with E-state index in [1.807, 2.05) is 0 Å². The number of nitrogens with one attached hydrogen (secondary N) is 1. The third-order valence-electron chi connectivity index (χ3n) is 11.8. The molecule has 5 rings (SSSR count). The second-order valence-corrected chi connectivity index (χ2v) is 13.9. The van der Waals surface area contributed by atoms with Crippen LogP contribution in [0.2, 0.25) is 0 Å². The molecule has 4 aliphatic carbocycles. The highest BCUT2D eigenvalue weighted by atomic mass is 16.6. The lowest BCUT2D eigenvalue weighted by Gasteiger charge is -2.58. The summed E-state index contributed by atoms with van der Waals surface area (Å²) in [5, 5.41) is 14.6. The Bertz CT molecular complexity index is 948. The molecular formula is C31H49NO5. The highest BCUT2D eigenvalue weighted by Crippen LogP contribution is 2.70. The van der Waals surface area contributed by atoms with Crippen molar-refractivity contribution >= 4 is 11.9 Å². The van der Waals surface area contributed by atoms with Gasteiger partial charge in [0.1, 0.15) is 6.10 Å². The van der Waals surface area contributed by atoms with Crippen LogP contribution in [0.1, 0.15) is 99.3 Å². The summed E-state index contributed by atoms with van der Waals surface area (Å²) >= 11 is 0. The zero-order chi connectivity index (χ0) is 26.8. The van der Waals surface area contributed by atoms with Gasteiger partial charge in [0.25, 0.3) is 0 Å². The summed E-state index contributed by atoms with van der Waals surface area (Å²) < 4.78 is 12.2. The van der Waals surface area contributed by atoms with E-state index in [2.05, 4.69) is 39.1 Å². The SMILES string of the molecule is CC(=O)NCC(C)CC[C@@]1(O)OC2C[C@H]3[C@@H]4CC=C5CC(OC(C)=O)CC[C@]5(C)[C@H]4CC[C@]3(C)[C@H]2C1C. The van der Waals surface area contributed by atoms with E-state index in [0.717, 1.165) is 38.5 Å². The number of allylic oxidation sites excluding steroid dienone is 1. The zero-order valence-corrected chi connectivity index (χ0v) is 23.8. The van der Waals surface area contributed by atoms with Gasteiger partial charge in [0, 0.05) is 39.2 Å². The van der Waals surface area contributed by atoms with Crippen molar-refractivity contribution in [3.63, 3.8) is 0 Å². The van der Waals surface area contributed by atoms with E-state index in [9.17, 15) is 14.7 Å². The Morgan fingerprint density at radius 2 is 1.97 bits per heavy atom. The monoisotopic (exact) mass is 515 g/mol. The minimum absolute atomic E-state index is 0.00359. The molecule has 4 unspecified atom stereocenters. The number of hydrogen-bond acceptors (Lipinski definition) is 5. The van der Waals surface area contributed by atoms with Crippen molar-refractivity contribution in [3.8, 4) is 0 Å². The Morgan fingerprint density at radius 1 is 1.22 bits per heavy atom. The predicted molar refractivity (Wildman–Crippen MR) is 142 cm³/mol. The molecule has 0 aromatic carbocycles. The van der Waals surface area contributed by atoms with E-state index in [4.69, 9.17) is 9.47 Å². The van der Waals surface area contributed by atoms with E-state index >= 15 is 0 Å². The molecule has 37 heavy (non-hydrogen) atoms. The Balaban J connectivity index is 1.28. The molecule has 11 atom stereocenters. The van der Waals surface area contributed by atoms with Crippen LogP contribution in [0.3, 0.4) is 0 Å². The second-order valence-electron chi connectivity index (χ2n) is 13.9. The predicted octanol–water partition coefficient (Wildman–Crippen LogP) is 5.38. The first-order valence-corrected chi connectivity index (χ1v) is 14.9. The number of hydrogen-bond donors (Lipinski definition) is 2. The molecule has 0 spiro atoms. The van der Waals surface area contributed by atoms with Crippen LogP contribution in [0.25, 0.3) is 0 Å². The van der Waals surface area contributed by atoms with Crippen molar-refractivity contribution in [3.05, 3.63) is 11.6 Å². The van der Waals surface area contributed by atoms with Crippen molar-refractivity contribution in [2.45, 2.75) is 117 Å². The topological polar surface area (TPSA) is 84.9 Å². The summed E-state index contributed by atoms with van der Waals surface area (Å²) in [4.78, 5) is 22.8. The van der Waals surface area contributed by atoms with Crippen LogP contribution < -0.4 is 5.32 Å². The summed E-state index contributed by atoms with van der Waals surface area (Å²) in [5.41, 5.74) is 1.95. The molecule has 0 radical (unpaired) electrons.